The van der Waals surface area contributed by atoms with Gasteiger partial charge in [0, 0.05) is 5.39 Å². The molecule has 1 heterocycles. The molecule has 80 valence electrons. The van der Waals surface area contributed by atoms with Crippen molar-refractivity contribution in [2.24, 2.45) is 0 Å². The average Bonchev–Trinajstić information content (AvgIpc) is 2.57. The van der Waals surface area contributed by atoms with Gasteiger partial charge in [0.2, 0.25) is 0 Å². The van der Waals surface area contributed by atoms with Gasteiger partial charge in [0.25, 0.3) is 0 Å². The zero-order valence-electron chi connectivity index (χ0n) is 7.83. The minimum absolute atomic E-state index is 0.128. The third-order valence-electron chi connectivity index (χ3n) is 2.16. The zero-order chi connectivity index (χ0) is 10.9. The van der Waals surface area contributed by atoms with E-state index in [1.54, 1.807) is 18.3 Å². The molecule has 2 aromatic rings. The normalized spacial score (nSPS) is 12.2. The Morgan fingerprint density at radius 3 is 2.67 bits per heavy atom. The third kappa shape index (κ3) is 2.29. The number of para-hydroxylation sites is 1. The van der Waals surface area contributed by atoms with E-state index in [0.29, 0.717) is 0 Å². The van der Waals surface area contributed by atoms with E-state index < -0.39 is 12.6 Å². The molecule has 0 spiro atoms. The van der Waals surface area contributed by atoms with Crippen LogP contribution in [-0.4, -0.2) is 16.0 Å². The van der Waals surface area contributed by atoms with Gasteiger partial charge in [0.15, 0.2) is 0 Å². The molecule has 0 aliphatic heterocycles. The maximum Gasteiger partial charge on any atom is 0.390 e. The average molecular weight is 214 g/mol. The zero-order valence-corrected chi connectivity index (χ0v) is 7.83. The van der Waals surface area contributed by atoms with Crippen LogP contribution in [0.4, 0.5) is 13.2 Å². The van der Waals surface area contributed by atoms with Crippen LogP contribution in [0.2, 0.25) is 0 Å². The van der Waals surface area contributed by atoms with Crippen LogP contribution < -0.4 is 0 Å². The predicted molar refractivity (Wildman–Crippen MR) is 50.4 cm³/mol. The number of nitrogens with zero attached hydrogens (tertiary/aromatic N) is 2. The van der Waals surface area contributed by atoms with Crippen LogP contribution in [0.15, 0.2) is 30.5 Å². The maximum absolute atomic E-state index is 12.0. The third-order valence-corrected chi connectivity index (χ3v) is 2.16. The molecule has 0 atom stereocenters. The van der Waals surface area contributed by atoms with E-state index in [0.717, 1.165) is 10.9 Å². The fourth-order valence-electron chi connectivity index (χ4n) is 1.44. The van der Waals surface area contributed by atoms with E-state index in [-0.39, 0.29) is 6.54 Å². The highest BCUT2D eigenvalue weighted by Crippen LogP contribution is 2.21. The Bertz CT molecular complexity index is 459. The van der Waals surface area contributed by atoms with Crippen LogP contribution in [0.3, 0.4) is 0 Å². The second-order valence-corrected chi connectivity index (χ2v) is 3.29. The summed E-state index contributed by atoms with van der Waals surface area (Å²) < 4.78 is 37.4. The Balaban J connectivity index is 2.22. The highest BCUT2D eigenvalue weighted by atomic mass is 19.4. The van der Waals surface area contributed by atoms with Crippen molar-refractivity contribution in [1.82, 2.24) is 9.78 Å². The monoisotopic (exact) mass is 214 g/mol. The second kappa shape index (κ2) is 3.56. The molecule has 2 rings (SSSR count). The Labute approximate surface area is 84.3 Å². The number of aromatic nitrogens is 2. The lowest BCUT2D eigenvalue weighted by Gasteiger charge is -2.06. The highest BCUT2D eigenvalue weighted by Gasteiger charge is 2.26. The molecular weight excluding hydrogens is 205 g/mol. The summed E-state index contributed by atoms with van der Waals surface area (Å²) in [5.41, 5.74) is 0.738. The first-order chi connectivity index (χ1) is 7.06. The SMILES string of the molecule is FC(F)(F)CCn1ncc2ccccc21. The van der Waals surface area contributed by atoms with E-state index in [4.69, 9.17) is 0 Å². The topological polar surface area (TPSA) is 17.8 Å². The number of alkyl halides is 3. The lowest BCUT2D eigenvalue weighted by atomic mass is 10.2. The lowest BCUT2D eigenvalue weighted by Crippen LogP contribution is -2.12. The Kier molecular flexibility index (Phi) is 2.38. The van der Waals surface area contributed by atoms with Gasteiger partial charge in [-0.05, 0) is 6.07 Å². The van der Waals surface area contributed by atoms with Crippen molar-refractivity contribution >= 4 is 10.9 Å². The van der Waals surface area contributed by atoms with Crippen molar-refractivity contribution in [2.75, 3.05) is 0 Å². The molecule has 5 heteroatoms. The molecule has 1 aromatic heterocycles. The molecule has 0 aliphatic rings. The van der Waals surface area contributed by atoms with Gasteiger partial charge in [-0.25, -0.2) is 0 Å². The molecule has 2 nitrogen and oxygen atoms in total. The lowest BCUT2D eigenvalue weighted by molar-refractivity contribution is -0.137. The van der Waals surface area contributed by atoms with Gasteiger partial charge in [-0.1, -0.05) is 18.2 Å². The molecule has 0 fully saturated rings. The number of benzene rings is 1. The Morgan fingerprint density at radius 2 is 1.93 bits per heavy atom. The fraction of sp³-hybridized carbons (Fsp3) is 0.300. The Morgan fingerprint density at radius 1 is 1.20 bits per heavy atom. The quantitative estimate of drug-likeness (QED) is 0.751. The van der Waals surface area contributed by atoms with E-state index in [2.05, 4.69) is 5.10 Å². The van der Waals surface area contributed by atoms with Crippen molar-refractivity contribution in [3.05, 3.63) is 30.5 Å². The van der Waals surface area contributed by atoms with Crippen LogP contribution in [0.1, 0.15) is 6.42 Å². The van der Waals surface area contributed by atoms with E-state index in [9.17, 15) is 13.2 Å². The van der Waals surface area contributed by atoms with Gasteiger partial charge in [-0.2, -0.15) is 18.3 Å². The molecular formula is C10H9F3N2. The second-order valence-electron chi connectivity index (χ2n) is 3.29. The van der Waals surface area contributed by atoms with Crippen LogP contribution in [0.25, 0.3) is 10.9 Å². The largest absolute Gasteiger partial charge is 0.390 e. The highest BCUT2D eigenvalue weighted by molar-refractivity contribution is 5.78. The summed E-state index contributed by atoms with van der Waals surface area (Å²) in [4.78, 5) is 0. The summed E-state index contributed by atoms with van der Waals surface area (Å²) in [7, 11) is 0. The molecule has 0 radical (unpaired) electrons. The minimum Gasteiger partial charge on any atom is -0.265 e. The molecule has 15 heavy (non-hydrogen) atoms. The predicted octanol–water partition coefficient (Wildman–Crippen LogP) is 2.99. The van der Waals surface area contributed by atoms with Crippen LogP contribution in [0.5, 0.6) is 0 Å². The standard InChI is InChI=1S/C10H9F3N2/c11-10(12,13)5-6-15-9-4-2-1-3-8(9)7-14-15/h1-4,7H,5-6H2. The summed E-state index contributed by atoms with van der Waals surface area (Å²) in [5, 5.41) is 4.78. The number of fused-ring (bicyclic) bond motifs is 1. The van der Waals surface area contributed by atoms with Gasteiger partial charge < -0.3 is 0 Å². The van der Waals surface area contributed by atoms with Crippen LogP contribution in [-0.2, 0) is 6.54 Å². The van der Waals surface area contributed by atoms with Crippen molar-refractivity contribution < 1.29 is 13.2 Å². The van der Waals surface area contributed by atoms with Gasteiger partial charge >= 0.3 is 6.18 Å². The smallest absolute Gasteiger partial charge is 0.265 e. The minimum atomic E-state index is -4.13. The van der Waals surface area contributed by atoms with Gasteiger partial charge in [0.05, 0.1) is 24.7 Å². The van der Waals surface area contributed by atoms with Crippen molar-refractivity contribution in [1.29, 1.82) is 0 Å². The number of rotatable bonds is 2. The molecule has 1 aromatic carbocycles. The molecule has 0 saturated carbocycles. The summed E-state index contributed by atoms with van der Waals surface area (Å²) in [6.07, 6.45) is -3.41. The Hall–Kier alpha value is -1.52. The first-order valence-corrected chi connectivity index (χ1v) is 4.53. The molecule has 0 amide bonds. The molecule has 0 bridgehead atoms. The van der Waals surface area contributed by atoms with Crippen molar-refractivity contribution in [2.45, 2.75) is 19.1 Å². The first-order valence-electron chi connectivity index (χ1n) is 4.53. The number of halogens is 3. The summed E-state index contributed by atoms with van der Waals surface area (Å²) in [6, 6.07) is 7.21. The van der Waals surface area contributed by atoms with Gasteiger partial charge in [-0.3, -0.25) is 4.68 Å². The summed E-state index contributed by atoms with van der Waals surface area (Å²) >= 11 is 0. The molecule has 0 saturated heterocycles. The van der Waals surface area contributed by atoms with Gasteiger partial charge in [0.1, 0.15) is 0 Å². The van der Waals surface area contributed by atoms with E-state index in [1.165, 1.54) is 4.68 Å². The van der Waals surface area contributed by atoms with Crippen molar-refractivity contribution in [3.8, 4) is 0 Å². The van der Waals surface area contributed by atoms with Gasteiger partial charge in [-0.15, -0.1) is 0 Å². The number of aryl methyl sites for hydroxylation is 1. The summed E-state index contributed by atoms with van der Waals surface area (Å²) in [5.74, 6) is 0. The van der Waals surface area contributed by atoms with Crippen molar-refractivity contribution in [3.63, 3.8) is 0 Å². The summed E-state index contributed by atoms with van der Waals surface area (Å²) in [6.45, 7) is -0.128. The number of hydrogen-bond acceptors (Lipinski definition) is 1. The number of hydrogen-bond donors (Lipinski definition) is 0. The van der Waals surface area contributed by atoms with E-state index in [1.807, 2.05) is 12.1 Å². The molecule has 0 unspecified atom stereocenters. The van der Waals surface area contributed by atoms with E-state index >= 15 is 0 Å². The van der Waals surface area contributed by atoms with Crippen LogP contribution >= 0.6 is 0 Å². The molecule has 0 aliphatic carbocycles. The fourth-order valence-corrected chi connectivity index (χ4v) is 1.44. The first kappa shape index (κ1) is 10.0. The maximum atomic E-state index is 12.0. The molecule has 0 N–H and O–H groups in total. The van der Waals surface area contributed by atoms with Crippen LogP contribution in [0, 0.1) is 0 Å².